The summed E-state index contributed by atoms with van der Waals surface area (Å²) in [6, 6.07) is 17.8. The van der Waals surface area contributed by atoms with E-state index >= 15 is 0 Å². The van der Waals surface area contributed by atoms with E-state index in [1.54, 1.807) is 0 Å². The zero-order valence-electron chi connectivity index (χ0n) is 52.0. The molecule has 0 unspecified atom stereocenters. The first-order valence-electron chi connectivity index (χ1n) is 27.8. The van der Waals surface area contributed by atoms with Gasteiger partial charge in [-0.2, -0.15) is 97.2 Å². The van der Waals surface area contributed by atoms with Gasteiger partial charge in [-0.15, -0.1) is 20.5 Å². The zero-order valence-corrected chi connectivity index (χ0v) is 60.0. The lowest BCUT2D eigenvalue weighted by atomic mass is 10.0. The predicted molar refractivity (Wildman–Crippen MR) is 371 cm³/mol. The number of rotatable bonds is 23. The van der Waals surface area contributed by atoms with Gasteiger partial charge < -0.3 is 31.9 Å². The number of nitrogens with one attached hydrogen (secondary N) is 6. The van der Waals surface area contributed by atoms with Gasteiger partial charge in [-0.05, 0) is 143 Å². The van der Waals surface area contributed by atoms with Crippen molar-refractivity contribution >= 4 is 218 Å². The van der Waals surface area contributed by atoms with Crippen LogP contribution in [-0.4, -0.2) is 145 Å². The van der Waals surface area contributed by atoms with Crippen LogP contribution in [0, 0.1) is 0 Å². The highest BCUT2D eigenvalue weighted by atomic mass is 35.5. The lowest BCUT2D eigenvalue weighted by Crippen LogP contribution is -2.08. The molecule has 42 nitrogen and oxygen atoms in total. The number of carbonyl (C=O) groups excluding carboxylic acids is 2. The Balaban J connectivity index is 0.894. The maximum absolute atomic E-state index is 13.1. The molecule has 0 aliphatic rings. The van der Waals surface area contributed by atoms with Crippen LogP contribution in [-0.2, 0) is 90.5 Å². The first-order valence-corrected chi connectivity index (χ1v) is 40.1. The van der Waals surface area contributed by atoms with Crippen LogP contribution in [0.2, 0.25) is 10.6 Å². The number of amides is 2. The molecule has 52 heteroatoms. The molecule has 106 heavy (non-hydrogen) atoms. The number of nitrogens with zero attached hydrogens (tertiary/aromatic N) is 10. The highest BCUT2D eigenvalue weighted by molar-refractivity contribution is 7.88. The Kier molecular flexibility index (Phi) is 21.2. The number of azo groups is 2. The van der Waals surface area contributed by atoms with E-state index in [-0.39, 0.29) is 57.4 Å². The van der Waals surface area contributed by atoms with Crippen LogP contribution in [0.1, 0.15) is 13.8 Å². The molecule has 0 fully saturated rings. The lowest BCUT2D eigenvalue weighted by Gasteiger charge is -2.15. The summed E-state index contributed by atoms with van der Waals surface area (Å²) >= 11 is 12.5. The van der Waals surface area contributed by atoms with Crippen LogP contribution in [0.15, 0.2) is 181 Å². The number of fused-ring (bicyclic) bond motifs is 2. The van der Waals surface area contributed by atoms with Gasteiger partial charge in [0.05, 0.1) is 21.2 Å². The Labute approximate surface area is 605 Å². The fraction of sp³-hybridized carbons (Fsp3) is 0.0370. The van der Waals surface area contributed by atoms with E-state index in [0.29, 0.717) is 48.5 Å². The molecular weight excluding hydrogens is 1620 g/mol. The monoisotopic (exact) mass is 1650 g/mol. The van der Waals surface area contributed by atoms with Gasteiger partial charge >= 0.3 is 0 Å². The van der Waals surface area contributed by atoms with Gasteiger partial charge in [0.25, 0.3) is 80.9 Å². The molecule has 2 aromatic heterocycles. The van der Waals surface area contributed by atoms with Crippen LogP contribution in [0.3, 0.4) is 0 Å². The van der Waals surface area contributed by atoms with Crippen molar-refractivity contribution < 1.29 is 113 Å². The van der Waals surface area contributed by atoms with Crippen molar-refractivity contribution in [3.8, 4) is 11.1 Å². The van der Waals surface area contributed by atoms with Crippen LogP contribution in [0.25, 0.3) is 32.7 Å². The number of anilines is 10. The smallest absolute Gasteiger partial charge is 0.296 e. The van der Waals surface area contributed by atoms with Gasteiger partial charge in [0.1, 0.15) is 52.1 Å². The second-order valence-electron chi connectivity index (χ2n) is 21.4. The average Bonchev–Trinajstić information content (AvgIpc) is 0.758. The molecule has 14 N–H and O–H groups in total. The summed E-state index contributed by atoms with van der Waals surface area (Å²) in [5.74, 6) is -2.99. The number of hydrogen-bond donors (Lipinski definition) is 14. The number of benzene rings is 8. The Morgan fingerprint density at radius 1 is 0.321 bits per heavy atom. The SMILES string of the molecule is CC(=O)Nc1cc(Nc2nc(Cl)nc(Nc3ccc(-c4ccc(Nc5nc(Cl)nc(Nc6ccc(N=Nc7cc8c(S(=O)(=O)O)cc(S(=O)(=O)O)cc8cc7S(=O)(=O)O)c(NC(C)=O)c6)n5)cc4S(=O)(=O)O)c(S(=O)(=O)O)c3)n2)ccc1N=Nc1cc2c(S(=O)(=O)O)cc(S(=O)(=O)O)cc2cc1S(=O)(=O)O. The number of halogens is 2. The maximum Gasteiger partial charge on any atom is 0.296 e. The largest absolute Gasteiger partial charge is 0.324 e. The molecule has 0 aliphatic heterocycles. The van der Waals surface area contributed by atoms with Gasteiger partial charge in [0, 0.05) is 58.5 Å². The minimum Gasteiger partial charge on any atom is -0.324 e. The average molecular weight is 1660 g/mol. The zero-order chi connectivity index (χ0) is 77.9. The Hall–Kier alpha value is -10.5. The van der Waals surface area contributed by atoms with Gasteiger partial charge in [-0.3, -0.25) is 46.0 Å². The van der Waals surface area contributed by atoms with E-state index in [0.717, 1.165) is 50.2 Å². The summed E-state index contributed by atoms with van der Waals surface area (Å²) in [6.07, 6.45) is 0. The van der Waals surface area contributed by atoms with E-state index in [9.17, 15) is 113 Å². The molecule has 0 radical (unpaired) electrons. The molecule has 8 aromatic carbocycles. The maximum atomic E-state index is 13.1. The van der Waals surface area contributed by atoms with E-state index in [4.69, 9.17) is 23.2 Å². The predicted octanol–water partition coefficient (Wildman–Crippen LogP) is 9.03. The highest BCUT2D eigenvalue weighted by Crippen LogP contribution is 2.42. The molecule has 0 spiro atoms. The highest BCUT2D eigenvalue weighted by Gasteiger charge is 2.29. The quantitative estimate of drug-likeness (QED) is 0.0210. The van der Waals surface area contributed by atoms with E-state index < -0.39 is 198 Å². The second-order valence-corrected chi connectivity index (χ2v) is 33.2. The molecule has 0 saturated heterocycles. The summed E-state index contributed by atoms with van der Waals surface area (Å²) in [5.41, 5.74) is -3.84. The standard InChI is InChI=1S/C54H40Cl2N16O26S8/c1-23(73)57-39-15-27(5-9-37(39)69-71-41-21-35-25(13-47(41)105(93,94)95)11-31(99(75,76)77)19-45(35)103(87,88)89)59-51-63-49(55)65-53(67-51)61-29-3-7-33(43(17-29)101(81,82)83)34-8-4-30(18-44(34)102(84,85)86)62-54-66-50(56)64-52(68-54)60-28-6-10-38(40(16-28)58-24(2)74)70-72-42-22-36-26(14-48(42)106(96,97)98)12-32(100(78,79)80)20-46(36)104(90,91)92/h3-22H,1-2H3,(H,57,73)(H,58,74)(H,75,76,77)(H,78,79,80)(H,81,82,83)(H,84,85,86)(H,87,88,89)(H,90,91,92)(H,93,94,95)(H,96,97,98)(H2,59,61,63,65,67)(H2,60,62,64,66,68). The minimum atomic E-state index is -5.34. The Morgan fingerprint density at radius 3 is 0.887 bits per heavy atom. The molecule has 10 rings (SSSR count). The van der Waals surface area contributed by atoms with E-state index in [1.807, 2.05) is 0 Å². The molecule has 2 heterocycles. The van der Waals surface area contributed by atoms with Crippen LogP contribution in [0.5, 0.6) is 0 Å². The minimum absolute atomic E-state index is 0.0357. The van der Waals surface area contributed by atoms with Gasteiger partial charge in [0.2, 0.25) is 46.2 Å². The van der Waals surface area contributed by atoms with Gasteiger partial charge in [-0.25, -0.2) is 0 Å². The molecule has 554 valence electrons. The van der Waals surface area contributed by atoms with Crippen molar-refractivity contribution in [1.82, 2.24) is 29.9 Å². The summed E-state index contributed by atoms with van der Waals surface area (Å²) < 4.78 is 280. The molecular formula is C54H40Cl2N16O26S8. The van der Waals surface area contributed by atoms with Crippen molar-refractivity contribution in [2.24, 2.45) is 20.5 Å². The fourth-order valence-electron chi connectivity index (χ4n) is 9.64. The summed E-state index contributed by atoms with van der Waals surface area (Å²) in [4.78, 5) is 40.5. The fourth-order valence-corrected chi connectivity index (χ4v) is 15.4. The molecule has 0 aliphatic carbocycles. The van der Waals surface area contributed by atoms with E-state index in [2.05, 4.69) is 82.3 Å². The summed E-state index contributed by atoms with van der Waals surface area (Å²) in [7, 11) is -42.2. The molecule has 0 atom stereocenters. The van der Waals surface area contributed by atoms with Crippen LogP contribution in [0.4, 0.5) is 80.7 Å². The normalized spacial score (nSPS) is 12.8. The number of carbonyl (C=O) groups is 2. The van der Waals surface area contributed by atoms with Gasteiger partial charge in [-0.1, -0.05) is 12.1 Å². The molecule has 10 aromatic rings. The first kappa shape index (κ1) is 78.1. The Morgan fingerprint density at radius 2 is 0.604 bits per heavy atom. The van der Waals surface area contributed by atoms with Crippen LogP contribution < -0.4 is 31.9 Å². The third-order valence-electron chi connectivity index (χ3n) is 13.8. The topological polar surface area (TPSA) is 668 Å². The number of aromatic nitrogens is 6. The number of hydrogen-bond acceptors (Lipinski definition) is 32. The van der Waals surface area contributed by atoms with Gasteiger partial charge in [0.15, 0.2) is 0 Å². The first-order chi connectivity index (χ1) is 48.9. The van der Waals surface area contributed by atoms with Crippen molar-refractivity contribution in [2.75, 3.05) is 31.9 Å². The third kappa shape index (κ3) is 18.6. The van der Waals surface area contributed by atoms with E-state index in [1.165, 1.54) is 36.4 Å². The van der Waals surface area contributed by atoms with Crippen molar-refractivity contribution in [3.05, 3.63) is 132 Å². The molecule has 0 saturated carbocycles. The van der Waals surface area contributed by atoms with Crippen LogP contribution >= 0.6 is 23.2 Å². The van der Waals surface area contributed by atoms with Crippen molar-refractivity contribution in [2.45, 2.75) is 53.0 Å². The van der Waals surface area contributed by atoms with Crippen molar-refractivity contribution in [1.29, 1.82) is 0 Å². The van der Waals surface area contributed by atoms with Crippen molar-refractivity contribution in [3.63, 3.8) is 0 Å². The second kappa shape index (κ2) is 28.8. The molecule has 0 bridgehead atoms. The molecule has 2 amide bonds. The summed E-state index contributed by atoms with van der Waals surface area (Å²) in [6.45, 7) is 2.15. The Bertz CT molecular complexity index is 6140. The third-order valence-corrected chi connectivity index (χ3v) is 21.2. The summed E-state index contributed by atoms with van der Waals surface area (Å²) in [5, 5.41) is 28.0. The lowest BCUT2D eigenvalue weighted by molar-refractivity contribution is -0.115.